The second kappa shape index (κ2) is 9.30. The maximum atomic E-state index is 10.9. The minimum absolute atomic E-state index is 0.00813. The van der Waals surface area contributed by atoms with E-state index in [0.717, 1.165) is 0 Å². The zero-order valence-electron chi connectivity index (χ0n) is 11.7. The topological polar surface area (TPSA) is 74.2 Å². The second-order valence-electron chi connectivity index (χ2n) is 4.03. The van der Waals surface area contributed by atoms with E-state index in [9.17, 15) is 9.90 Å². The van der Waals surface area contributed by atoms with Gasteiger partial charge in [0, 0.05) is 7.11 Å². The number of para-hydroxylation sites is 1. The average molecular weight is 284 g/mol. The van der Waals surface area contributed by atoms with Crippen molar-refractivity contribution in [1.82, 2.24) is 0 Å². The van der Waals surface area contributed by atoms with Crippen LogP contribution in [0.25, 0.3) is 0 Å². The molecule has 0 aliphatic heterocycles. The number of rotatable bonds is 10. The Kier molecular flexibility index (Phi) is 7.64. The highest BCUT2D eigenvalue weighted by Crippen LogP contribution is 2.29. The van der Waals surface area contributed by atoms with Crippen LogP contribution in [0.3, 0.4) is 0 Å². The van der Waals surface area contributed by atoms with Crippen molar-refractivity contribution in [2.24, 2.45) is 0 Å². The second-order valence-corrected chi connectivity index (χ2v) is 4.03. The van der Waals surface area contributed by atoms with Crippen LogP contribution >= 0.6 is 0 Å². The Morgan fingerprint density at radius 1 is 1.25 bits per heavy atom. The smallest absolute Gasteiger partial charge is 0.171 e. The maximum absolute atomic E-state index is 10.9. The number of benzene rings is 1. The van der Waals surface area contributed by atoms with Crippen molar-refractivity contribution in [2.75, 3.05) is 40.6 Å². The maximum Gasteiger partial charge on any atom is 0.171 e. The summed E-state index contributed by atoms with van der Waals surface area (Å²) in [5.74, 6) is 0.767. The van der Waals surface area contributed by atoms with E-state index in [1.807, 2.05) is 0 Å². The summed E-state index contributed by atoms with van der Waals surface area (Å²) >= 11 is 0. The molecule has 0 aliphatic rings. The molecule has 0 amide bonds. The molecule has 1 aromatic carbocycles. The highest BCUT2D eigenvalue weighted by Gasteiger charge is 2.12. The minimum atomic E-state index is -0.795. The Balaban J connectivity index is 2.50. The number of aliphatic hydroxyl groups excluding tert-OH is 1. The van der Waals surface area contributed by atoms with Gasteiger partial charge in [-0.05, 0) is 12.1 Å². The van der Waals surface area contributed by atoms with E-state index in [1.54, 1.807) is 25.3 Å². The molecule has 0 bridgehead atoms. The quantitative estimate of drug-likeness (QED) is 0.508. The number of hydrogen-bond donors (Lipinski definition) is 1. The van der Waals surface area contributed by atoms with Crippen LogP contribution in [-0.4, -0.2) is 58.1 Å². The highest BCUT2D eigenvalue weighted by molar-refractivity contribution is 5.81. The molecule has 0 aliphatic carbocycles. The van der Waals surface area contributed by atoms with E-state index in [-0.39, 0.29) is 13.2 Å². The summed E-state index contributed by atoms with van der Waals surface area (Å²) in [5, 5.41) is 9.72. The molecular formula is C14H20O6. The van der Waals surface area contributed by atoms with Gasteiger partial charge in [-0.1, -0.05) is 6.07 Å². The summed E-state index contributed by atoms with van der Waals surface area (Å²) < 4.78 is 20.6. The molecule has 0 heterocycles. The van der Waals surface area contributed by atoms with Gasteiger partial charge in [-0.15, -0.1) is 0 Å². The fourth-order valence-electron chi connectivity index (χ4n) is 1.53. The van der Waals surface area contributed by atoms with Gasteiger partial charge < -0.3 is 24.1 Å². The van der Waals surface area contributed by atoms with Crippen molar-refractivity contribution >= 4 is 6.29 Å². The first-order chi connectivity index (χ1) is 9.72. The Morgan fingerprint density at radius 2 is 2.05 bits per heavy atom. The molecule has 1 rings (SSSR count). The Labute approximate surface area is 118 Å². The van der Waals surface area contributed by atoms with Gasteiger partial charge in [-0.25, -0.2) is 0 Å². The standard InChI is InChI=1S/C14H20O6/c1-17-6-7-19-9-12(16)10-20-14-11(8-15)4-3-5-13(14)18-2/h3-5,8,12,16H,6-7,9-10H2,1-2H3. The van der Waals surface area contributed by atoms with E-state index < -0.39 is 6.10 Å². The Bertz CT molecular complexity index is 407. The molecule has 0 spiro atoms. The van der Waals surface area contributed by atoms with E-state index in [1.165, 1.54) is 7.11 Å². The third kappa shape index (κ3) is 5.16. The van der Waals surface area contributed by atoms with Gasteiger partial charge in [-0.2, -0.15) is 0 Å². The summed E-state index contributed by atoms with van der Waals surface area (Å²) in [7, 11) is 3.06. The number of carbonyl (C=O) groups excluding carboxylic acids is 1. The fourth-order valence-corrected chi connectivity index (χ4v) is 1.53. The van der Waals surface area contributed by atoms with Gasteiger partial charge in [0.1, 0.15) is 12.7 Å². The van der Waals surface area contributed by atoms with E-state index in [4.69, 9.17) is 18.9 Å². The van der Waals surface area contributed by atoms with Crippen LogP contribution in [0.1, 0.15) is 10.4 Å². The number of ether oxygens (including phenoxy) is 4. The molecule has 0 saturated carbocycles. The third-order valence-corrected chi connectivity index (χ3v) is 2.52. The first-order valence-corrected chi connectivity index (χ1v) is 6.22. The first kappa shape index (κ1) is 16.4. The van der Waals surface area contributed by atoms with Crippen LogP contribution in [0, 0.1) is 0 Å². The van der Waals surface area contributed by atoms with Crippen molar-refractivity contribution in [3.8, 4) is 11.5 Å². The van der Waals surface area contributed by atoms with Crippen molar-refractivity contribution in [3.63, 3.8) is 0 Å². The summed E-state index contributed by atoms with van der Waals surface area (Å²) in [5.41, 5.74) is 0.372. The number of hydrogen-bond acceptors (Lipinski definition) is 6. The molecule has 20 heavy (non-hydrogen) atoms. The van der Waals surface area contributed by atoms with Gasteiger partial charge in [0.25, 0.3) is 0 Å². The molecule has 0 radical (unpaired) electrons. The Morgan fingerprint density at radius 3 is 2.70 bits per heavy atom. The summed E-state index contributed by atoms with van der Waals surface area (Å²) in [6.45, 7) is 1.01. The van der Waals surface area contributed by atoms with E-state index in [0.29, 0.717) is 36.6 Å². The summed E-state index contributed by atoms with van der Waals surface area (Å²) in [4.78, 5) is 10.9. The zero-order valence-corrected chi connectivity index (χ0v) is 11.7. The lowest BCUT2D eigenvalue weighted by Crippen LogP contribution is -2.24. The summed E-state index contributed by atoms with van der Waals surface area (Å²) in [6, 6.07) is 5.00. The lowest BCUT2D eigenvalue weighted by Gasteiger charge is -2.15. The molecule has 1 unspecified atom stereocenters. The highest BCUT2D eigenvalue weighted by atomic mass is 16.5. The third-order valence-electron chi connectivity index (χ3n) is 2.52. The number of aldehydes is 1. The molecule has 0 aromatic heterocycles. The van der Waals surface area contributed by atoms with Crippen LogP contribution < -0.4 is 9.47 Å². The SMILES string of the molecule is COCCOCC(O)COc1c(C=O)cccc1OC. The van der Waals surface area contributed by atoms with Crippen molar-refractivity contribution in [1.29, 1.82) is 0 Å². The van der Waals surface area contributed by atoms with Crippen molar-refractivity contribution in [2.45, 2.75) is 6.10 Å². The molecule has 1 aromatic rings. The fraction of sp³-hybridized carbons (Fsp3) is 0.500. The molecule has 6 heteroatoms. The first-order valence-electron chi connectivity index (χ1n) is 6.22. The molecular weight excluding hydrogens is 264 g/mol. The van der Waals surface area contributed by atoms with Gasteiger partial charge >= 0.3 is 0 Å². The normalized spacial score (nSPS) is 11.9. The van der Waals surface area contributed by atoms with Crippen LogP contribution in [-0.2, 0) is 9.47 Å². The lowest BCUT2D eigenvalue weighted by atomic mass is 10.2. The average Bonchev–Trinajstić information content (AvgIpc) is 2.49. The molecule has 112 valence electrons. The number of methoxy groups -OCH3 is 2. The van der Waals surface area contributed by atoms with E-state index >= 15 is 0 Å². The summed E-state index contributed by atoms with van der Waals surface area (Å²) in [6.07, 6.45) is -0.115. The number of aliphatic hydroxyl groups is 1. The largest absolute Gasteiger partial charge is 0.493 e. The monoisotopic (exact) mass is 284 g/mol. The molecule has 0 saturated heterocycles. The molecule has 6 nitrogen and oxygen atoms in total. The zero-order chi connectivity index (χ0) is 14.8. The molecule has 0 fully saturated rings. The van der Waals surface area contributed by atoms with Gasteiger partial charge in [0.15, 0.2) is 17.8 Å². The predicted molar refractivity (Wildman–Crippen MR) is 72.6 cm³/mol. The minimum Gasteiger partial charge on any atom is -0.493 e. The van der Waals surface area contributed by atoms with Crippen LogP contribution in [0.15, 0.2) is 18.2 Å². The van der Waals surface area contributed by atoms with Crippen LogP contribution in [0.5, 0.6) is 11.5 Å². The lowest BCUT2D eigenvalue weighted by molar-refractivity contribution is -0.00457. The molecule has 1 N–H and O–H groups in total. The van der Waals surface area contributed by atoms with E-state index in [2.05, 4.69) is 0 Å². The predicted octanol–water partition coefficient (Wildman–Crippen LogP) is 0.910. The van der Waals surface area contributed by atoms with Crippen molar-refractivity contribution in [3.05, 3.63) is 23.8 Å². The van der Waals surface area contributed by atoms with Gasteiger partial charge in [0.2, 0.25) is 0 Å². The van der Waals surface area contributed by atoms with Gasteiger partial charge in [0.05, 0.1) is 32.5 Å². The molecule has 1 atom stereocenters. The van der Waals surface area contributed by atoms with Crippen LogP contribution in [0.4, 0.5) is 0 Å². The Hall–Kier alpha value is -1.63. The van der Waals surface area contributed by atoms with Gasteiger partial charge in [-0.3, -0.25) is 4.79 Å². The van der Waals surface area contributed by atoms with Crippen molar-refractivity contribution < 1.29 is 28.8 Å². The van der Waals surface area contributed by atoms with Crippen LogP contribution in [0.2, 0.25) is 0 Å². The number of carbonyl (C=O) groups is 1.